The lowest BCUT2D eigenvalue weighted by atomic mass is 9.97. The van der Waals surface area contributed by atoms with E-state index in [9.17, 15) is 14.5 Å². The van der Waals surface area contributed by atoms with E-state index in [0.717, 1.165) is 0 Å². The van der Waals surface area contributed by atoms with Crippen LogP contribution in [0.15, 0.2) is 36.7 Å². The molecule has 3 heterocycles. The second-order valence-corrected chi connectivity index (χ2v) is 10.6. The van der Waals surface area contributed by atoms with Crippen LogP contribution in [0.5, 0.6) is 5.75 Å². The van der Waals surface area contributed by atoms with Gasteiger partial charge in [-0.15, -0.1) is 6.42 Å². The van der Waals surface area contributed by atoms with Crippen LogP contribution in [-0.2, 0) is 23.4 Å². The number of hydrogen-bond donors (Lipinski definition) is 3. The summed E-state index contributed by atoms with van der Waals surface area (Å²) < 4.78 is 53.0. The molecule has 1 unspecified atom stereocenters. The third-order valence-corrected chi connectivity index (χ3v) is 7.70. The average molecular weight is 577 g/mol. The SMILES string of the molecule is C#C[C@@]1(F)[C@H](O)[C@@H](COP(=O)(N[C@H](C)C(=O)OCC)Oc2ccccc2)O[C@H]1n1cnc2c(NC)nc(C)nc21. The predicted molar refractivity (Wildman–Crippen MR) is 142 cm³/mol. The lowest BCUT2D eigenvalue weighted by Gasteiger charge is -2.25. The second-order valence-electron chi connectivity index (χ2n) is 8.88. The molecule has 0 bridgehead atoms. The van der Waals surface area contributed by atoms with Gasteiger partial charge in [0.15, 0.2) is 23.2 Å². The molecule has 214 valence electrons. The van der Waals surface area contributed by atoms with Crippen molar-refractivity contribution in [2.24, 2.45) is 0 Å². The smallest absolute Gasteiger partial charge is 0.459 e. The van der Waals surface area contributed by atoms with Gasteiger partial charge in [0.25, 0.3) is 0 Å². The highest BCUT2D eigenvalue weighted by molar-refractivity contribution is 7.52. The number of imidazole rings is 1. The topological polar surface area (TPSA) is 159 Å². The number of anilines is 1. The first kappa shape index (κ1) is 29.4. The molecule has 0 amide bonds. The number of terminal acetylenes is 1. The number of carbonyl (C=O) groups excluding carboxylic acids is 1. The molecular weight excluding hydrogens is 546 g/mol. The number of carbonyl (C=O) groups is 1. The summed E-state index contributed by atoms with van der Waals surface area (Å²) in [5.74, 6) is 2.24. The molecule has 0 radical (unpaired) electrons. The molecule has 15 heteroatoms. The minimum Gasteiger partial charge on any atom is -0.465 e. The molecule has 1 saturated heterocycles. The van der Waals surface area contributed by atoms with Crippen LogP contribution in [0, 0.1) is 19.3 Å². The fraction of sp³-hybridized carbons (Fsp3) is 0.440. The van der Waals surface area contributed by atoms with Crippen molar-refractivity contribution in [3.63, 3.8) is 0 Å². The summed E-state index contributed by atoms with van der Waals surface area (Å²) in [6, 6.07) is 6.98. The van der Waals surface area contributed by atoms with E-state index in [2.05, 4.69) is 25.4 Å². The Kier molecular flexibility index (Phi) is 8.72. The summed E-state index contributed by atoms with van der Waals surface area (Å²) in [4.78, 5) is 25.0. The molecule has 3 aromatic rings. The van der Waals surface area contributed by atoms with Crippen molar-refractivity contribution in [3.8, 4) is 18.1 Å². The minimum absolute atomic E-state index is 0.104. The molecule has 2 aromatic heterocycles. The van der Waals surface area contributed by atoms with Gasteiger partial charge in [-0.3, -0.25) is 13.9 Å². The predicted octanol–water partition coefficient (Wildman–Crippen LogP) is 2.52. The Morgan fingerprint density at radius 3 is 2.75 bits per heavy atom. The summed E-state index contributed by atoms with van der Waals surface area (Å²) >= 11 is 0. The maximum atomic E-state index is 16.1. The molecule has 6 atom stereocenters. The number of benzene rings is 1. The van der Waals surface area contributed by atoms with Crippen molar-refractivity contribution in [2.45, 2.75) is 50.9 Å². The maximum absolute atomic E-state index is 16.1. The number of ether oxygens (including phenoxy) is 2. The van der Waals surface area contributed by atoms with Crippen LogP contribution in [0.3, 0.4) is 0 Å². The van der Waals surface area contributed by atoms with Gasteiger partial charge in [0.05, 0.1) is 19.5 Å². The Morgan fingerprint density at radius 2 is 2.10 bits per heavy atom. The third-order valence-electron chi connectivity index (χ3n) is 6.06. The lowest BCUT2D eigenvalue weighted by molar-refractivity contribution is -0.144. The van der Waals surface area contributed by atoms with E-state index in [1.807, 2.05) is 5.92 Å². The molecule has 1 aliphatic heterocycles. The van der Waals surface area contributed by atoms with Crippen LogP contribution in [-0.4, -0.2) is 74.8 Å². The van der Waals surface area contributed by atoms with E-state index >= 15 is 4.39 Å². The summed E-state index contributed by atoms with van der Waals surface area (Å²) in [6.45, 7) is 4.17. The van der Waals surface area contributed by atoms with Crippen molar-refractivity contribution < 1.29 is 37.4 Å². The molecule has 3 N–H and O–H groups in total. The van der Waals surface area contributed by atoms with Crippen LogP contribution in [0.25, 0.3) is 11.2 Å². The van der Waals surface area contributed by atoms with Crippen molar-refractivity contribution in [3.05, 3.63) is 42.5 Å². The highest BCUT2D eigenvalue weighted by Gasteiger charge is 2.58. The number of fused-ring (bicyclic) bond motifs is 1. The number of hydrogen-bond acceptors (Lipinski definition) is 11. The second kappa shape index (κ2) is 11.9. The minimum atomic E-state index is -4.30. The normalized spacial score (nSPS) is 24.7. The first-order valence-electron chi connectivity index (χ1n) is 12.4. The van der Waals surface area contributed by atoms with E-state index in [0.29, 0.717) is 17.2 Å². The zero-order valence-corrected chi connectivity index (χ0v) is 23.2. The van der Waals surface area contributed by atoms with Gasteiger partial charge in [0.1, 0.15) is 29.8 Å². The standard InChI is InChI=1S/C25H30FN6O7P/c1-6-25(26)20(33)18(38-24(25)32-14-28-19-21(27-5)29-16(4)30-22(19)32)13-37-40(35,31-15(3)23(34)36-7-2)39-17-11-9-8-10-12-17/h1,8-12,14-15,18,20,24,33H,7,13H2,2-5H3,(H,31,35)(H,27,29,30)/t15-,18-,20-,24-,25-,40?/m1/s1. The van der Waals surface area contributed by atoms with Crippen LogP contribution in [0.1, 0.15) is 25.9 Å². The van der Waals surface area contributed by atoms with Gasteiger partial charge in [-0.2, -0.15) is 5.09 Å². The largest absolute Gasteiger partial charge is 0.465 e. The molecule has 0 aliphatic carbocycles. The highest BCUT2D eigenvalue weighted by Crippen LogP contribution is 2.48. The number of nitrogens with zero attached hydrogens (tertiary/aromatic N) is 4. The summed E-state index contributed by atoms with van der Waals surface area (Å²) in [5.41, 5.74) is -2.19. The Bertz CT molecular complexity index is 1450. The summed E-state index contributed by atoms with van der Waals surface area (Å²) in [5, 5.41) is 16.3. The summed E-state index contributed by atoms with van der Waals surface area (Å²) in [6.07, 6.45) is 1.94. The Labute approximate surface area is 230 Å². The van der Waals surface area contributed by atoms with Gasteiger partial charge < -0.3 is 24.4 Å². The van der Waals surface area contributed by atoms with Crippen molar-refractivity contribution >= 4 is 30.7 Å². The third kappa shape index (κ3) is 5.79. The number of nitrogens with one attached hydrogen (secondary N) is 2. The first-order valence-corrected chi connectivity index (χ1v) is 13.9. The van der Waals surface area contributed by atoms with E-state index in [4.69, 9.17) is 24.9 Å². The van der Waals surface area contributed by atoms with Gasteiger partial charge in [-0.05, 0) is 32.9 Å². The van der Waals surface area contributed by atoms with Crippen LogP contribution < -0.4 is 14.9 Å². The van der Waals surface area contributed by atoms with Crippen molar-refractivity contribution in [1.29, 1.82) is 0 Å². The van der Waals surface area contributed by atoms with Gasteiger partial charge in [-0.1, -0.05) is 24.1 Å². The summed E-state index contributed by atoms with van der Waals surface area (Å²) in [7, 11) is -2.65. The molecule has 1 fully saturated rings. The molecule has 1 aromatic carbocycles. The van der Waals surface area contributed by atoms with E-state index in [-0.39, 0.29) is 18.0 Å². The highest BCUT2D eigenvalue weighted by atomic mass is 31.2. The number of esters is 1. The number of aliphatic hydroxyl groups is 1. The van der Waals surface area contributed by atoms with Gasteiger partial charge >= 0.3 is 13.7 Å². The van der Waals surface area contributed by atoms with Gasteiger partial charge in [0, 0.05) is 7.05 Å². The van der Waals surface area contributed by atoms with Crippen molar-refractivity contribution in [1.82, 2.24) is 24.6 Å². The van der Waals surface area contributed by atoms with Gasteiger partial charge in [-0.25, -0.2) is 23.9 Å². The number of aromatic nitrogens is 4. The maximum Gasteiger partial charge on any atom is 0.459 e. The zero-order chi connectivity index (χ0) is 29.1. The van der Waals surface area contributed by atoms with E-state index < -0.39 is 50.5 Å². The van der Waals surface area contributed by atoms with Crippen LogP contribution in [0.2, 0.25) is 0 Å². The molecule has 0 saturated carbocycles. The number of alkyl halides is 1. The fourth-order valence-electron chi connectivity index (χ4n) is 4.12. The lowest BCUT2D eigenvalue weighted by Crippen LogP contribution is -2.42. The number of para-hydroxylation sites is 1. The quantitative estimate of drug-likeness (QED) is 0.174. The molecule has 40 heavy (non-hydrogen) atoms. The average Bonchev–Trinajstić information content (AvgIpc) is 3.46. The Morgan fingerprint density at radius 1 is 1.38 bits per heavy atom. The molecule has 1 aliphatic rings. The molecular formula is C25H30FN6O7P. The first-order chi connectivity index (χ1) is 19.0. The van der Waals surface area contributed by atoms with Crippen LogP contribution >= 0.6 is 7.75 Å². The van der Waals surface area contributed by atoms with E-state index in [1.165, 1.54) is 30.0 Å². The Hall–Kier alpha value is -3.60. The molecule has 0 spiro atoms. The number of aryl methyl sites for hydroxylation is 1. The molecule has 4 rings (SSSR count). The number of rotatable bonds is 11. The fourth-order valence-corrected chi connectivity index (χ4v) is 5.62. The van der Waals surface area contributed by atoms with E-state index in [1.54, 1.807) is 39.1 Å². The molecule has 13 nitrogen and oxygen atoms in total. The van der Waals surface area contributed by atoms with Crippen molar-refractivity contribution in [2.75, 3.05) is 25.6 Å². The van der Waals surface area contributed by atoms with Gasteiger partial charge in [0.2, 0.25) is 5.67 Å². The number of aliphatic hydroxyl groups excluding tert-OH is 1. The van der Waals surface area contributed by atoms with Crippen LogP contribution in [0.4, 0.5) is 10.2 Å². The monoisotopic (exact) mass is 576 g/mol. The zero-order valence-electron chi connectivity index (χ0n) is 22.3. The Balaban J connectivity index is 1.60. The number of halogens is 1.